The number of hydrogen-bond donors (Lipinski definition) is 2. The molecule has 19 heavy (non-hydrogen) atoms. The smallest absolute Gasteiger partial charge is 0.323 e. The molecule has 1 aromatic carbocycles. The van der Waals surface area contributed by atoms with Crippen LogP contribution in [0.1, 0.15) is 0 Å². The Morgan fingerprint density at radius 1 is 1.21 bits per heavy atom. The number of ether oxygens (including phenoxy) is 1. The monoisotopic (exact) mass is 253 g/mol. The third-order valence-corrected chi connectivity index (χ3v) is 2.40. The number of para-hydroxylation sites is 2. The summed E-state index contributed by atoms with van der Waals surface area (Å²) in [4.78, 5) is 15.7. The fraction of sp³-hybridized carbons (Fsp3) is 0.0769. The Bertz CT molecular complexity index is 572. The number of amides is 2. The van der Waals surface area contributed by atoms with Crippen molar-refractivity contribution in [1.82, 2.24) is 4.98 Å². The number of aromatic nitrogens is 1. The highest BCUT2D eigenvalue weighted by Gasteiger charge is 2.06. The van der Waals surface area contributed by atoms with Crippen LogP contribution < -0.4 is 21.0 Å². The highest BCUT2D eigenvalue weighted by atomic mass is 16.5. The lowest BCUT2D eigenvalue weighted by Crippen LogP contribution is -2.20. The average Bonchev–Trinajstić information content (AvgIpc) is 2.42. The molecule has 2 rings (SSSR count). The first kappa shape index (κ1) is 12.9. The van der Waals surface area contributed by atoms with Gasteiger partial charge in [-0.15, -0.1) is 0 Å². The molecule has 0 spiro atoms. The molecule has 0 atom stereocenters. The SMILES string of the molecule is [B]c1ccc(NC(=O)Nc2ccccc2OC)cn1. The van der Waals surface area contributed by atoms with Crippen LogP contribution in [0.4, 0.5) is 16.2 Å². The van der Waals surface area contributed by atoms with Crippen LogP contribution >= 0.6 is 0 Å². The first-order valence-electron chi connectivity index (χ1n) is 5.61. The molecule has 0 fully saturated rings. The maximum Gasteiger partial charge on any atom is 0.323 e. The van der Waals surface area contributed by atoms with Gasteiger partial charge in [0.1, 0.15) is 13.6 Å². The third-order valence-electron chi connectivity index (χ3n) is 2.40. The summed E-state index contributed by atoms with van der Waals surface area (Å²) < 4.78 is 5.14. The Balaban J connectivity index is 2.03. The molecule has 0 bridgehead atoms. The van der Waals surface area contributed by atoms with Gasteiger partial charge in [0.25, 0.3) is 0 Å². The van der Waals surface area contributed by atoms with Crippen molar-refractivity contribution in [1.29, 1.82) is 0 Å². The number of rotatable bonds is 3. The van der Waals surface area contributed by atoms with E-state index in [1.54, 1.807) is 31.4 Å². The summed E-state index contributed by atoms with van der Waals surface area (Å²) in [6, 6.07) is 10.0. The van der Waals surface area contributed by atoms with Crippen LogP contribution in [0.15, 0.2) is 42.6 Å². The molecule has 94 valence electrons. The quantitative estimate of drug-likeness (QED) is 0.815. The van der Waals surface area contributed by atoms with Crippen molar-refractivity contribution < 1.29 is 9.53 Å². The Hall–Kier alpha value is -2.50. The standard InChI is InChI=1S/C13H12BN3O2/c1-19-11-5-3-2-4-10(11)17-13(18)16-9-6-7-12(14)15-8-9/h2-8H,1H3,(H2,16,17,18). The number of anilines is 2. The van der Waals surface area contributed by atoms with Gasteiger partial charge in [-0.3, -0.25) is 4.98 Å². The molecule has 1 aromatic heterocycles. The van der Waals surface area contributed by atoms with E-state index >= 15 is 0 Å². The third kappa shape index (κ3) is 3.48. The predicted molar refractivity (Wildman–Crippen MR) is 75.3 cm³/mol. The molecule has 2 amide bonds. The summed E-state index contributed by atoms with van der Waals surface area (Å²) in [7, 11) is 7.01. The molecular formula is C13H12BN3O2. The zero-order valence-corrected chi connectivity index (χ0v) is 10.4. The van der Waals surface area contributed by atoms with E-state index in [0.29, 0.717) is 22.7 Å². The fourth-order valence-corrected chi connectivity index (χ4v) is 1.51. The van der Waals surface area contributed by atoms with E-state index in [0.717, 1.165) is 0 Å². The summed E-state index contributed by atoms with van der Waals surface area (Å²) in [5.74, 6) is 0.591. The number of pyridine rings is 1. The second-order valence-corrected chi connectivity index (χ2v) is 3.75. The Morgan fingerprint density at radius 2 is 2.00 bits per heavy atom. The van der Waals surface area contributed by atoms with Crippen LogP contribution in [-0.2, 0) is 0 Å². The molecule has 5 nitrogen and oxygen atoms in total. The second-order valence-electron chi connectivity index (χ2n) is 3.75. The molecule has 2 aromatic rings. The van der Waals surface area contributed by atoms with Crippen molar-refractivity contribution in [2.24, 2.45) is 0 Å². The largest absolute Gasteiger partial charge is 0.495 e. The van der Waals surface area contributed by atoms with Gasteiger partial charge in [-0.25, -0.2) is 4.79 Å². The molecule has 0 aliphatic rings. The minimum atomic E-state index is -0.379. The Kier molecular flexibility index (Phi) is 4.02. The number of methoxy groups -OCH3 is 1. The topological polar surface area (TPSA) is 63.2 Å². The van der Waals surface area contributed by atoms with Gasteiger partial charge in [-0.05, 0) is 29.9 Å². The number of hydrogen-bond acceptors (Lipinski definition) is 3. The normalized spacial score (nSPS) is 9.74. The molecule has 0 aliphatic carbocycles. The zero-order chi connectivity index (χ0) is 13.7. The van der Waals surface area contributed by atoms with Crippen LogP contribution in [0, 0.1) is 0 Å². The van der Waals surface area contributed by atoms with E-state index in [-0.39, 0.29) is 6.03 Å². The van der Waals surface area contributed by atoms with Crippen molar-refractivity contribution in [2.75, 3.05) is 17.7 Å². The number of nitrogens with zero attached hydrogens (tertiary/aromatic N) is 1. The van der Waals surface area contributed by atoms with E-state index in [9.17, 15) is 4.79 Å². The lowest BCUT2D eigenvalue weighted by molar-refractivity contribution is 0.262. The molecule has 0 saturated heterocycles. The number of urea groups is 1. The molecule has 0 aliphatic heterocycles. The predicted octanol–water partition coefficient (Wildman–Crippen LogP) is 1.53. The molecule has 2 N–H and O–H groups in total. The molecule has 6 heteroatoms. The van der Waals surface area contributed by atoms with E-state index in [1.807, 2.05) is 12.1 Å². The Labute approximate surface area is 112 Å². The van der Waals surface area contributed by atoms with Gasteiger partial charge in [0.05, 0.1) is 18.5 Å². The van der Waals surface area contributed by atoms with Crippen molar-refractivity contribution >= 4 is 30.8 Å². The van der Waals surface area contributed by atoms with E-state index in [4.69, 9.17) is 12.6 Å². The molecule has 2 radical (unpaired) electrons. The number of carbonyl (C=O) groups excluding carboxylic acids is 1. The average molecular weight is 253 g/mol. The van der Waals surface area contributed by atoms with E-state index < -0.39 is 0 Å². The van der Waals surface area contributed by atoms with Crippen molar-refractivity contribution in [3.63, 3.8) is 0 Å². The lowest BCUT2D eigenvalue weighted by atomic mass is 10.0. The van der Waals surface area contributed by atoms with Gasteiger partial charge < -0.3 is 15.4 Å². The van der Waals surface area contributed by atoms with Crippen LogP contribution in [0.25, 0.3) is 0 Å². The lowest BCUT2D eigenvalue weighted by Gasteiger charge is -2.10. The van der Waals surface area contributed by atoms with Crippen LogP contribution in [-0.4, -0.2) is 26.0 Å². The number of carbonyl (C=O) groups is 1. The van der Waals surface area contributed by atoms with Gasteiger partial charge in [-0.1, -0.05) is 12.1 Å². The minimum Gasteiger partial charge on any atom is -0.495 e. The Morgan fingerprint density at radius 3 is 2.68 bits per heavy atom. The highest BCUT2D eigenvalue weighted by Crippen LogP contribution is 2.23. The second kappa shape index (κ2) is 5.90. The van der Waals surface area contributed by atoms with Crippen molar-refractivity contribution in [3.8, 4) is 5.75 Å². The fourth-order valence-electron chi connectivity index (χ4n) is 1.51. The summed E-state index contributed by atoms with van der Waals surface area (Å²) in [5, 5.41) is 5.34. The molecule has 0 saturated carbocycles. The van der Waals surface area contributed by atoms with E-state index in [2.05, 4.69) is 15.6 Å². The van der Waals surface area contributed by atoms with Gasteiger partial charge in [0, 0.05) is 6.20 Å². The summed E-state index contributed by atoms with van der Waals surface area (Å²) >= 11 is 0. The summed E-state index contributed by atoms with van der Waals surface area (Å²) in [5.41, 5.74) is 1.54. The maximum absolute atomic E-state index is 11.8. The minimum absolute atomic E-state index is 0.379. The van der Waals surface area contributed by atoms with Gasteiger partial charge in [0.2, 0.25) is 0 Å². The summed E-state index contributed by atoms with van der Waals surface area (Å²) in [6.07, 6.45) is 1.48. The summed E-state index contributed by atoms with van der Waals surface area (Å²) in [6.45, 7) is 0. The van der Waals surface area contributed by atoms with Gasteiger partial charge >= 0.3 is 6.03 Å². The van der Waals surface area contributed by atoms with Crippen molar-refractivity contribution in [3.05, 3.63) is 42.6 Å². The van der Waals surface area contributed by atoms with E-state index in [1.165, 1.54) is 6.20 Å². The van der Waals surface area contributed by atoms with Crippen LogP contribution in [0.3, 0.4) is 0 Å². The van der Waals surface area contributed by atoms with Crippen LogP contribution in [0.5, 0.6) is 5.75 Å². The molecule has 0 unspecified atom stereocenters. The highest BCUT2D eigenvalue weighted by molar-refractivity contribution is 6.30. The zero-order valence-electron chi connectivity index (χ0n) is 10.4. The number of benzene rings is 1. The number of nitrogens with one attached hydrogen (secondary N) is 2. The van der Waals surface area contributed by atoms with Gasteiger partial charge in [-0.2, -0.15) is 0 Å². The first-order valence-corrected chi connectivity index (χ1v) is 5.61. The molecule has 1 heterocycles. The maximum atomic E-state index is 11.8. The van der Waals surface area contributed by atoms with Gasteiger partial charge in [0.15, 0.2) is 0 Å². The van der Waals surface area contributed by atoms with Crippen LogP contribution in [0.2, 0.25) is 0 Å². The van der Waals surface area contributed by atoms with Crippen molar-refractivity contribution in [2.45, 2.75) is 0 Å². The first-order chi connectivity index (χ1) is 9.19. The molecular weight excluding hydrogens is 241 g/mol.